The van der Waals surface area contributed by atoms with Crippen LogP contribution in [-0.2, 0) is 22.8 Å². The fourth-order valence-corrected chi connectivity index (χ4v) is 2.68. The molecule has 0 saturated heterocycles. The summed E-state index contributed by atoms with van der Waals surface area (Å²) in [6.07, 6.45) is 1.58. The van der Waals surface area contributed by atoms with Crippen LogP contribution < -0.4 is 4.74 Å². The van der Waals surface area contributed by atoms with E-state index in [-0.39, 0.29) is 0 Å². The summed E-state index contributed by atoms with van der Waals surface area (Å²) in [7, 11) is 0. The highest BCUT2D eigenvalue weighted by atomic mass is 16.6. The van der Waals surface area contributed by atoms with Crippen LogP contribution in [0.4, 0.5) is 0 Å². The topological polar surface area (TPSA) is 68.1 Å². The number of ether oxygens (including phenoxy) is 1. The van der Waals surface area contributed by atoms with Crippen molar-refractivity contribution in [3.8, 4) is 5.75 Å². The number of carbonyl (C=O) groups is 1. The van der Waals surface area contributed by atoms with Gasteiger partial charge in [-0.15, -0.1) is 0 Å². The Morgan fingerprint density at radius 2 is 1.69 bits per heavy atom. The van der Waals surface area contributed by atoms with Crippen molar-refractivity contribution in [3.05, 3.63) is 101 Å². The van der Waals surface area contributed by atoms with Gasteiger partial charge in [0.2, 0.25) is 0 Å². The number of carboxylic acid groups (broad SMARTS) is 1. The lowest BCUT2D eigenvalue weighted by atomic mass is 10.00. The SMILES string of the molecule is CC(C(=O)O)c1cccc(C=NOCc2ccc(OCc3ccccc3)cc2)c1. The Morgan fingerprint density at radius 3 is 2.41 bits per heavy atom. The van der Waals surface area contributed by atoms with Gasteiger partial charge in [-0.1, -0.05) is 65.8 Å². The van der Waals surface area contributed by atoms with Gasteiger partial charge in [-0.3, -0.25) is 4.79 Å². The molecule has 0 spiro atoms. The summed E-state index contributed by atoms with van der Waals surface area (Å²) < 4.78 is 5.77. The van der Waals surface area contributed by atoms with Crippen molar-refractivity contribution in [2.75, 3.05) is 0 Å². The van der Waals surface area contributed by atoms with Gasteiger partial charge >= 0.3 is 5.97 Å². The van der Waals surface area contributed by atoms with E-state index in [1.165, 1.54) is 0 Å². The summed E-state index contributed by atoms with van der Waals surface area (Å²) in [6, 6.07) is 24.9. The van der Waals surface area contributed by atoms with Crippen LogP contribution in [0.2, 0.25) is 0 Å². The average molecular weight is 389 g/mol. The number of nitrogens with zero attached hydrogens (tertiary/aromatic N) is 1. The molecule has 0 aliphatic heterocycles. The van der Waals surface area contributed by atoms with Gasteiger partial charge in [-0.25, -0.2) is 0 Å². The van der Waals surface area contributed by atoms with Crippen molar-refractivity contribution in [1.29, 1.82) is 0 Å². The second-order valence-electron chi connectivity index (χ2n) is 6.66. The zero-order valence-electron chi connectivity index (χ0n) is 16.2. The van der Waals surface area contributed by atoms with Crippen LogP contribution in [0, 0.1) is 0 Å². The molecule has 1 unspecified atom stereocenters. The molecule has 1 N–H and O–H groups in total. The summed E-state index contributed by atoms with van der Waals surface area (Å²) in [5.74, 6) is -0.621. The molecule has 0 aromatic heterocycles. The van der Waals surface area contributed by atoms with Gasteiger partial charge in [0.1, 0.15) is 19.0 Å². The molecule has 29 heavy (non-hydrogen) atoms. The minimum atomic E-state index is -0.855. The highest BCUT2D eigenvalue weighted by Gasteiger charge is 2.13. The molecular weight excluding hydrogens is 366 g/mol. The summed E-state index contributed by atoms with van der Waals surface area (Å²) >= 11 is 0. The van der Waals surface area contributed by atoms with Gasteiger partial charge in [0.15, 0.2) is 0 Å². The molecule has 1 atom stereocenters. The number of benzene rings is 3. The normalized spacial score (nSPS) is 11.9. The largest absolute Gasteiger partial charge is 0.489 e. The summed E-state index contributed by atoms with van der Waals surface area (Å²) in [6.45, 7) is 2.52. The van der Waals surface area contributed by atoms with E-state index in [9.17, 15) is 4.79 Å². The van der Waals surface area contributed by atoms with Gasteiger partial charge in [0, 0.05) is 0 Å². The van der Waals surface area contributed by atoms with E-state index in [0.717, 1.165) is 28.0 Å². The maximum absolute atomic E-state index is 11.1. The highest BCUT2D eigenvalue weighted by molar-refractivity contribution is 5.81. The van der Waals surface area contributed by atoms with E-state index < -0.39 is 11.9 Å². The molecule has 5 heteroatoms. The first-order valence-electron chi connectivity index (χ1n) is 9.35. The van der Waals surface area contributed by atoms with Gasteiger partial charge in [0.25, 0.3) is 0 Å². The number of carboxylic acids is 1. The number of aliphatic carboxylic acids is 1. The number of hydrogen-bond acceptors (Lipinski definition) is 4. The minimum Gasteiger partial charge on any atom is -0.489 e. The van der Waals surface area contributed by atoms with Gasteiger partial charge in [-0.2, -0.15) is 0 Å². The Kier molecular flexibility index (Phi) is 7.00. The lowest BCUT2D eigenvalue weighted by Crippen LogP contribution is -2.07. The van der Waals surface area contributed by atoms with E-state index in [2.05, 4.69) is 5.16 Å². The second-order valence-corrected chi connectivity index (χ2v) is 6.66. The molecule has 0 fully saturated rings. The second kappa shape index (κ2) is 10.1. The van der Waals surface area contributed by atoms with Gasteiger partial charge < -0.3 is 14.7 Å². The van der Waals surface area contributed by atoms with Crippen molar-refractivity contribution in [3.63, 3.8) is 0 Å². The van der Waals surface area contributed by atoms with Crippen molar-refractivity contribution in [2.45, 2.75) is 26.1 Å². The smallest absolute Gasteiger partial charge is 0.310 e. The molecular formula is C24H23NO4. The number of rotatable bonds is 9. The maximum atomic E-state index is 11.1. The zero-order chi connectivity index (χ0) is 20.5. The van der Waals surface area contributed by atoms with Crippen molar-refractivity contribution in [2.24, 2.45) is 5.16 Å². The lowest BCUT2D eigenvalue weighted by molar-refractivity contribution is -0.138. The molecule has 5 nitrogen and oxygen atoms in total. The fraction of sp³-hybridized carbons (Fsp3) is 0.167. The Bertz CT molecular complexity index is 952. The van der Waals surface area contributed by atoms with Gasteiger partial charge in [0.05, 0.1) is 12.1 Å². The maximum Gasteiger partial charge on any atom is 0.310 e. The van der Waals surface area contributed by atoms with E-state index in [1.807, 2.05) is 66.7 Å². The van der Waals surface area contributed by atoms with Gasteiger partial charge in [-0.05, 0) is 47.4 Å². The van der Waals surface area contributed by atoms with E-state index >= 15 is 0 Å². The first-order chi connectivity index (χ1) is 14.1. The predicted octanol–water partition coefficient (Wildman–Crippen LogP) is 5.00. The quantitative estimate of drug-likeness (QED) is 0.413. The molecule has 0 bridgehead atoms. The summed E-state index contributed by atoms with van der Waals surface area (Å²) in [5.41, 5.74) is 3.62. The highest BCUT2D eigenvalue weighted by Crippen LogP contribution is 2.17. The first kappa shape index (κ1) is 20.1. The number of oxime groups is 1. The average Bonchev–Trinajstić information content (AvgIpc) is 2.76. The third-order valence-corrected chi connectivity index (χ3v) is 4.46. The number of hydrogen-bond donors (Lipinski definition) is 1. The van der Waals surface area contributed by atoms with Crippen LogP contribution in [0.1, 0.15) is 35.1 Å². The first-order valence-corrected chi connectivity index (χ1v) is 9.35. The van der Waals surface area contributed by atoms with Crippen LogP contribution in [0.5, 0.6) is 5.75 Å². The Morgan fingerprint density at radius 1 is 0.966 bits per heavy atom. The van der Waals surface area contributed by atoms with E-state index in [0.29, 0.717) is 13.2 Å². The molecule has 148 valence electrons. The van der Waals surface area contributed by atoms with Crippen LogP contribution in [0.25, 0.3) is 0 Å². The molecule has 0 saturated carbocycles. The molecule has 0 amide bonds. The lowest BCUT2D eigenvalue weighted by Gasteiger charge is -2.07. The predicted molar refractivity (Wildman–Crippen MR) is 112 cm³/mol. The third kappa shape index (κ3) is 6.21. The summed E-state index contributed by atoms with van der Waals surface area (Å²) in [5, 5.41) is 13.1. The van der Waals surface area contributed by atoms with E-state index in [1.54, 1.807) is 25.3 Å². The third-order valence-electron chi connectivity index (χ3n) is 4.46. The molecule has 3 rings (SSSR count). The van der Waals surface area contributed by atoms with Crippen LogP contribution >= 0.6 is 0 Å². The standard InChI is InChI=1S/C24H23NO4/c1-18(24(26)27)22-9-5-8-21(14-22)15-25-29-17-20-10-12-23(13-11-20)28-16-19-6-3-2-4-7-19/h2-15,18H,16-17H2,1H3,(H,26,27). The van der Waals surface area contributed by atoms with Crippen LogP contribution in [0.3, 0.4) is 0 Å². The van der Waals surface area contributed by atoms with E-state index in [4.69, 9.17) is 14.7 Å². The molecule has 0 aliphatic carbocycles. The zero-order valence-corrected chi connectivity index (χ0v) is 16.2. The van der Waals surface area contributed by atoms with Crippen molar-refractivity contribution >= 4 is 12.2 Å². The Balaban J connectivity index is 1.48. The van der Waals surface area contributed by atoms with Crippen LogP contribution in [-0.4, -0.2) is 17.3 Å². The summed E-state index contributed by atoms with van der Waals surface area (Å²) in [4.78, 5) is 16.5. The molecule has 3 aromatic carbocycles. The minimum absolute atomic E-state index is 0.334. The molecule has 0 heterocycles. The van der Waals surface area contributed by atoms with Crippen LogP contribution in [0.15, 0.2) is 84.0 Å². The molecule has 3 aromatic rings. The van der Waals surface area contributed by atoms with Crippen molar-refractivity contribution < 1.29 is 19.5 Å². The molecule has 0 aliphatic rings. The molecule has 0 radical (unpaired) electrons. The fourth-order valence-electron chi connectivity index (χ4n) is 2.68. The van der Waals surface area contributed by atoms with Crippen molar-refractivity contribution in [1.82, 2.24) is 0 Å². The Labute approximate surface area is 170 Å². The monoisotopic (exact) mass is 389 g/mol. The Hall–Kier alpha value is -3.60.